The van der Waals surface area contributed by atoms with Crippen molar-refractivity contribution in [2.24, 2.45) is 0 Å². The zero-order chi connectivity index (χ0) is 28.9. The largest absolute Gasteiger partial charge is 0.345 e. The van der Waals surface area contributed by atoms with Crippen molar-refractivity contribution in [3.63, 3.8) is 0 Å². The molecule has 0 fully saturated rings. The lowest BCUT2D eigenvalue weighted by molar-refractivity contribution is -1.01. The van der Waals surface area contributed by atoms with Crippen molar-refractivity contribution in [1.29, 1.82) is 0 Å². The van der Waals surface area contributed by atoms with Gasteiger partial charge in [-0.05, 0) is 25.7 Å². The average Bonchev–Trinajstić information content (AvgIpc) is 2.91. The Kier molecular flexibility index (Phi) is 29.3. The van der Waals surface area contributed by atoms with Crippen LogP contribution < -0.4 is 0 Å². The van der Waals surface area contributed by atoms with E-state index in [2.05, 4.69) is 13.8 Å². The first-order valence-electron chi connectivity index (χ1n) is 18.2. The third-order valence-electron chi connectivity index (χ3n) is 9.34. The normalized spacial score (nSPS) is 13.7. The van der Waals surface area contributed by atoms with Crippen molar-refractivity contribution in [3.05, 3.63) is 0 Å². The zero-order valence-electron chi connectivity index (χ0n) is 27.7. The second-order valence-corrected chi connectivity index (χ2v) is 13.0. The first-order valence-corrected chi connectivity index (χ1v) is 18.2. The van der Waals surface area contributed by atoms with Crippen LogP contribution in [0.3, 0.4) is 0 Å². The highest BCUT2D eigenvalue weighted by Crippen LogP contribution is 2.22. The summed E-state index contributed by atoms with van der Waals surface area (Å²) in [4.78, 5) is 0. The van der Waals surface area contributed by atoms with Crippen molar-refractivity contribution in [3.8, 4) is 0 Å². The van der Waals surface area contributed by atoms with Crippen molar-refractivity contribution < 1.29 is 14.7 Å². The fraction of sp³-hybridized carbons (Fsp3) is 1.00. The molecule has 0 amide bonds. The van der Waals surface area contributed by atoms with E-state index in [-0.39, 0.29) is 0 Å². The van der Waals surface area contributed by atoms with Crippen LogP contribution in [0.15, 0.2) is 0 Å². The highest BCUT2D eigenvalue weighted by Gasteiger charge is 2.36. The van der Waals surface area contributed by atoms with Crippen LogP contribution in [-0.4, -0.2) is 40.2 Å². The lowest BCUT2D eigenvalue weighted by Gasteiger charge is -2.43. The molecule has 2 unspecified atom stereocenters. The average molecular weight is 555 g/mol. The van der Waals surface area contributed by atoms with Gasteiger partial charge >= 0.3 is 0 Å². The minimum absolute atomic E-state index is 0.469. The van der Waals surface area contributed by atoms with Crippen molar-refractivity contribution in [2.45, 2.75) is 220 Å². The van der Waals surface area contributed by atoms with Crippen molar-refractivity contribution in [1.82, 2.24) is 0 Å². The smallest absolute Gasteiger partial charge is 0.189 e. The quantitative estimate of drug-likeness (QED) is 0.0493. The first-order chi connectivity index (χ1) is 19.0. The number of hydrogen-bond acceptors (Lipinski definition) is 2. The van der Waals surface area contributed by atoms with Gasteiger partial charge in [-0.3, -0.25) is 4.48 Å². The summed E-state index contributed by atoms with van der Waals surface area (Å²) in [5.74, 6) is 0. The molecular formula is C36H76NO2+. The number of aliphatic hydroxyl groups excluding tert-OH is 2. The van der Waals surface area contributed by atoms with E-state index in [9.17, 15) is 10.2 Å². The van der Waals surface area contributed by atoms with Crippen LogP contribution >= 0.6 is 0 Å². The molecule has 0 heterocycles. The standard InChI is InChI=1S/C36H76NO2/c1-5-7-9-11-13-15-17-19-21-23-25-27-29-31-33-37(35(3)38,36(4)39)34-32-30-28-26-24-22-20-18-16-14-12-10-8-6-2/h35-36,38-39H,5-34H2,1-4H3/q+1. The molecule has 0 aliphatic carbocycles. The molecule has 0 aromatic rings. The van der Waals surface area contributed by atoms with Crippen LogP contribution in [0.4, 0.5) is 0 Å². The van der Waals surface area contributed by atoms with E-state index in [0.29, 0.717) is 4.48 Å². The van der Waals surface area contributed by atoms with Gasteiger partial charge in [0.25, 0.3) is 0 Å². The third-order valence-corrected chi connectivity index (χ3v) is 9.34. The maximum atomic E-state index is 10.7. The Morgan fingerprint density at radius 1 is 0.333 bits per heavy atom. The summed E-state index contributed by atoms with van der Waals surface area (Å²) in [7, 11) is 0. The van der Waals surface area contributed by atoms with Gasteiger partial charge in [-0.1, -0.05) is 168 Å². The van der Waals surface area contributed by atoms with Gasteiger partial charge in [0.1, 0.15) is 0 Å². The summed E-state index contributed by atoms with van der Waals surface area (Å²) in [6.45, 7) is 10.2. The van der Waals surface area contributed by atoms with Crippen LogP contribution in [0.25, 0.3) is 0 Å². The molecular weight excluding hydrogens is 478 g/mol. The first kappa shape index (κ1) is 38.9. The van der Waals surface area contributed by atoms with Crippen LogP contribution in [-0.2, 0) is 0 Å². The van der Waals surface area contributed by atoms with Gasteiger partial charge in [0.15, 0.2) is 12.5 Å². The van der Waals surface area contributed by atoms with E-state index >= 15 is 0 Å². The lowest BCUT2D eigenvalue weighted by atomic mass is 10.0. The van der Waals surface area contributed by atoms with Gasteiger partial charge in [-0.15, -0.1) is 0 Å². The number of aliphatic hydroxyl groups is 2. The Morgan fingerprint density at radius 2 is 0.513 bits per heavy atom. The van der Waals surface area contributed by atoms with Gasteiger partial charge in [0, 0.05) is 13.8 Å². The molecule has 236 valence electrons. The zero-order valence-corrected chi connectivity index (χ0v) is 27.7. The maximum Gasteiger partial charge on any atom is 0.189 e. The Balaban J connectivity index is 3.82. The summed E-state index contributed by atoms with van der Waals surface area (Å²) in [6.07, 6.45) is 37.2. The van der Waals surface area contributed by atoms with E-state index in [4.69, 9.17) is 0 Å². The lowest BCUT2D eigenvalue weighted by Crippen LogP contribution is -2.60. The molecule has 2 N–H and O–H groups in total. The van der Waals surface area contributed by atoms with Gasteiger partial charge in [-0.2, -0.15) is 0 Å². The summed E-state index contributed by atoms with van der Waals surface area (Å²) in [6, 6.07) is 0. The second kappa shape index (κ2) is 29.4. The number of unbranched alkanes of at least 4 members (excludes halogenated alkanes) is 26. The highest BCUT2D eigenvalue weighted by atomic mass is 16.3. The molecule has 0 spiro atoms. The van der Waals surface area contributed by atoms with Gasteiger partial charge < -0.3 is 10.2 Å². The van der Waals surface area contributed by atoms with Crippen LogP contribution in [0.5, 0.6) is 0 Å². The molecule has 0 aromatic heterocycles. The number of hydrogen-bond donors (Lipinski definition) is 2. The molecule has 0 rings (SSSR count). The predicted molar refractivity (Wildman–Crippen MR) is 174 cm³/mol. The molecule has 0 aliphatic heterocycles. The van der Waals surface area contributed by atoms with Gasteiger partial charge in [-0.25, -0.2) is 0 Å². The third kappa shape index (κ3) is 23.2. The van der Waals surface area contributed by atoms with E-state index < -0.39 is 12.5 Å². The van der Waals surface area contributed by atoms with E-state index in [0.717, 1.165) is 25.9 Å². The van der Waals surface area contributed by atoms with E-state index in [1.54, 1.807) is 0 Å². The molecule has 3 heteroatoms. The molecule has 0 saturated carbocycles. The Bertz CT molecular complexity index is 423. The van der Waals surface area contributed by atoms with Crippen LogP contribution in [0.1, 0.15) is 207 Å². The second-order valence-electron chi connectivity index (χ2n) is 13.0. The molecule has 0 aliphatic rings. The SMILES string of the molecule is CCCCCCCCCCCCCCCC[N+](CCCCCCCCCCCCCCCC)(C(C)O)C(C)O. The number of nitrogens with zero attached hydrogens (tertiary/aromatic N) is 1. The van der Waals surface area contributed by atoms with Crippen molar-refractivity contribution >= 4 is 0 Å². The van der Waals surface area contributed by atoms with E-state index in [1.807, 2.05) is 13.8 Å². The molecule has 0 radical (unpaired) electrons. The molecule has 0 bridgehead atoms. The Hall–Kier alpha value is -0.120. The van der Waals surface area contributed by atoms with Crippen LogP contribution in [0, 0.1) is 0 Å². The van der Waals surface area contributed by atoms with Crippen molar-refractivity contribution in [2.75, 3.05) is 13.1 Å². The van der Waals surface area contributed by atoms with Gasteiger partial charge in [0.2, 0.25) is 0 Å². The summed E-state index contributed by atoms with van der Waals surface area (Å²) < 4.78 is 0.469. The van der Waals surface area contributed by atoms with Crippen LogP contribution in [0.2, 0.25) is 0 Å². The minimum atomic E-state index is -0.492. The molecule has 39 heavy (non-hydrogen) atoms. The fourth-order valence-corrected chi connectivity index (χ4v) is 6.37. The van der Waals surface area contributed by atoms with Gasteiger partial charge in [0.05, 0.1) is 13.1 Å². The fourth-order valence-electron chi connectivity index (χ4n) is 6.37. The Morgan fingerprint density at radius 3 is 0.692 bits per heavy atom. The maximum absolute atomic E-state index is 10.7. The molecule has 0 saturated heterocycles. The van der Waals surface area contributed by atoms with E-state index in [1.165, 1.54) is 167 Å². The number of quaternary nitrogens is 1. The molecule has 0 aromatic carbocycles. The monoisotopic (exact) mass is 555 g/mol. The minimum Gasteiger partial charge on any atom is -0.345 e. The topological polar surface area (TPSA) is 40.5 Å². The summed E-state index contributed by atoms with van der Waals surface area (Å²) >= 11 is 0. The molecule has 2 atom stereocenters. The predicted octanol–water partition coefficient (Wildman–Crippen LogP) is 11.4. The highest BCUT2D eigenvalue weighted by molar-refractivity contribution is 4.54. The Labute approximate surface area is 247 Å². The molecule has 3 nitrogen and oxygen atoms in total. The summed E-state index contributed by atoms with van der Waals surface area (Å²) in [5.41, 5.74) is 0. The number of rotatable bonds is 32. The summed E-state index contributed by atoms with van der Waals surface area (Å²) in [5, 5.41) is 21.3.